The lowest BCUT2D eigenvalue weighted by Gasteiger charge is -2.40. The van der Waals surface area contributed by atoms with Gasteiger partial charge in [-0.25, -0.2) is 0 Å². The van der Waals surface area contributed by atoms with Crippen molar-refractivity contribution >= 4 is 43.4 Å². The van der Waals surface area contributed by atoms with Gasteiger partial charge in [0.05, 0.1) is 29.5 Å². The molecular weight excluding hydrogens is 621 g/mol. The minimum atomic E-state index is -0.119. The lowest BCUT2D eigenvalue weighted by Crippen LogP contribution is -2.54. The van der Waals surface area contributed by atoms with E-state index in [4.69, 9.17) is 0 Å². The summed E-state index contributed by atoms with van der Waals surface area (Å²) in [5, 5.41) is 19.2. The zero-order chi connectivity index (χ0) is 33.7. The number of hydrogen-bond acceptors (Lipinski definition) is 3. The van der Waals surface area contributed by atoms with Crippen LogP contribution in [0.3, 0.4) is 0 Å². The molecule has 1 aliphatic heterocycles. The van der Waals surface area contributed by atoms with Crippen LogP contribution < -0.4 is 16.0 Å². The van der Waals surface area contributed by atoms with E-state index in [0.29, 0.717) is 0 Å². The van der Waals surface area contributed by atoms with Crippen molar-refractivity contribution < 1.29 is 0 Å². The van der Waals surface area contributed by atoms with Gasteiger partial charge < -0.3 is 4.57 Å². The van der Waals surface area contributed by atoms with Gasteiger partial charge in [-0.2, -0.15) is 0 Å². The van der Waals surface area contributed by atoms with Gasteiger partial charge in [0.15, 0.2) is 0 Å². The maximum atomic E-state index is 3.92. The van der Waals surface area contributed by atoms with Crippen molar-refractivity contribution in [2.75, 3.05) is 0 Å². The van der Waals surface area contributed by atoms with Gasteiger partial charge in [0.25, 0.3) is 0 Å². The van der Waals surface area contributed by atoms with Gasteiger partial charge in [0, 0.05) is 16.5 Å². The first-order valence-electron chi connectivity index (χ1n) is 17.7. The average molecular weight is 657 g/mol. The summed E-state index contributed by atoms with van der Waals surface area (Å²) in [6.07, 6.45) is -0.210. The van der Waals surface area contributed by atoms with Crippen LogP contribution in [0.5, 0.6) is 0 Å². The first kappa shape index (κ1) is 29.8. The monoisotopic (exact) mass is 656 g/mol. The van der Waals surface area contributed by atoms with Crippen LogP contribution in [-0.2, 0) is 0 Å². The van der Waals surface area contributed by atoms with E-state index >= 15 is 0 Å². The van der Waals surface area contributed by atoms with Crippen molar-refractivity contribution in [3.8, 4) is 16.8 Å². The van der Waals surface area contributed by atoms with Crippen molar-refractivity contribution in [2.24, 2.45) is 0 Å². The standard InChI is InChI=1S/C47H36N4/c1-3-14-33(15-4-1)45-48-46(34-16-5-2-6-17-34)50-47(49-45)40-28-25-31-13-9-10-20-38(31)44(40)32-23-26-37(27-24-32)51-42-22-12-11-21-39(42)41-29-35-18-7-8-19-36(35)30-43(41)51/h1-30,45-50H. The predicted molar refractivity (Wildman–Crippen MR) is 212 cm³/mol. The van der Waals surface area contributed by atoms with Gasteiger partial charge in [-0.15, -0.1) is 0 Å². The molecule has 0 aliphatic carbocycles. The van der Waals surface area contributed by atoms with E-state index in [0.717, 1.165) is 5.69 Å². The van der Waals surface area contributed by atoms with Gasteiger partial charge in [0.2, 0.25) is 0 Å². The highest BCUT2D eigenvalue weighted by atomic mass is 15.4. The molecule has 244 valence electrons. The first-order valence-corrected chi connectivity index (χ1v) is 17.7. The smallest absolute Gasteiger partial charge is 0.0870 e. The Morgan fingerprint density at radius 3 is 1.61 bits per heavy atom. The summed E-state index contributed by atoms with van der Waals surface area (Å²) in [6.45, 7) is 0. The minimum Gasteiger partial charge on any atom is -0.309 e. The van der Waals surface area contributed by atoms with Crippen molar-refractivity contribution in [1.29, 1.82) is 0 Å². The molecule has 1 aromatic heterocycles. The van der Waals surface area contributed by atoms with Crippen molar-refractivity contribution in [3.63, 3.8) is 0 Å². The molecule has 4 heteroatoms. The van der Waals surface area contributed by atoms with E-state index in [-0.39, 0.29) is 18.5 Å². The van der Waals surface area contributed by atoms with Gasteiger partial charge in [-0.1, -0.05) is 152 Å². The van der Waals surface area contributed by atoms with Crippen LogP contribution >= 0.6 is 0 Å². The normalized spacial score (nSPS) is 17.8. The second kappa shape index (κ2) is 12.4. The molecule has 2 heterocycles. The second-order valence-electron chi connectivity index (χ2n) is 13.5. The van der Waals surface area contributed by atoms with Gasteiger partial charge in [0.1, 0.15) is 0 Å². The molecule has 3 N–H and O–H groups in total. The molecule has 0 bridgehead atoms. The Hall–Kier alpha value is -6.04. The first-order chi connectivity index (χ1) is 25.3. The highest BCUT2D eigenvalue weighted by Crippen LogP contribution is 2.39. The number of nitrogens with zero attached hydrogens (tertiary/aromatic N) is 1. The molecule has 0 amide bonds. The number of nitrogens with one attached hydrogen (secondary N) is 3. The fourth-order valence-electron chi connectivity index (χ4n) is 8.06. The molecule has 8 aromatic carbocycles. The molecule has 2 atom stereocenters. The molecule has 51 heavy (non-hydrogen) atoms. The quantitative estimate of drug-likeness (QED) is 0.173. The van der Waals surface area contributed by atoms with E-state index < -0.39 is 0 Å². The highest BCUT2D eigenvalue weighted by Gasteiger charge is 2.31. The van der Waals surface area contributed by atoms with Crippen LogP contribution in [0.15, 0.2) is 182 Å². The fraction of sp³-hybridized carbons (Fsp3) is 0.0638. The SMILES string of the molecule is c1ccc(C2NC(c3ccccc3)NC(c3ccc4ccccc4c3-c3ccc(-n4c5ccccc5c5cc6ccccc6cc54)cc3)N2)cc1. The van der Waals surface area contributed by atoms with Crippen LogP contribution in [0.4, 0.5) is 0 Å². The number of fused-ring (bicyclic) bond motifs is 5. The Morgan fingerprint density at radius 1 is 0.373 bits per heavy atom. The summed E-state index contributed by atoms with van der Waals surface area (Å²) in [5.41, 5.74) is 9.62. The number of para-hydroxylation sites is 1. The summed E-state index contributed by atoms with van der Waals surface area (Å²) >= 11 is 0. The van der Waals surface area contributed by atoms with E-state index in [9.17, 15) is 0 Å². The summed E-state index contributed by atoms with van der Waals surface area (Å²) in [7, 11) is 0. The Morgan fingerprint density at radius 2 is 0.922 bits per heavy atom. The van der Waals surface area contributed by atoms with Crippen molar-refractivity contribution in [3.05, 3.63) is 199 Å². The average Bonchev–Trinajstić information content (AvgIpc) is 3.53. The van der Waals surface area contributed by atoms with Crippen LogP contribution in [0.2, 0.25) is 0 Å². The summed E-state index contributed by atoms with van der Waals surface area (Å²) in [5.74, 6) is 0. The Balaban J connectivity index is 1.11. The number of hydrogen-bond donors (Lipinski definition) is 3. The molecule has 1 saturated heterocycles. The van der Waals surface area contributed by atoms with Crippen LogP contribution in [0.1, 0.15) is 35.2 Å². The molecule has 0 saturated carbocycles. The molecule has 2 unspecified atom stereocenters. The van der Waals surface area contributed by atoms with E-state index in [1.54, 1.807) is 0 Å². The topological polar surface area (TPSA) is 41.0 Å². The molecule has 1 aliphatic rings. The third-order valence-electron chi connectivity index (χ3n) is 10.5. The number of benzene rings is 8. The zero-order valence-electron chi connectivity index (χ0n) is 28.0. The largest absolute Gasteiger partial charge is 0.309 e. The van der Waals surface area contributed by atoms with E-state index in [2.05, 4.69) is 203 Å². The summed E-state index contributed by atoms with van der Waals surface area (Å²) < 4.78 is 2.41. The third kappa shape index (κ3) is 5.20. The minimum absolute atomic E-state index is 0.0456. The summed E-state index contributed by atoms with van der Waals surface area (Å²) in [6, 6.07) is 65.8. The second-order valence-corrected chi connectivity index (χ2v) is 13.5. The third-order valence-corrected chi connectivity index (χ3v) is 10.5. The number of aromatic nitrogens is 1. The Bertz CT molecular complexity index is 2630. The van der Waals surface area contributed by atoms with Crippen molar-refractivity contribution in [2.45, 2.75) is 18.5 Å². The predicted octanol–water partition coefficient (Wildman–Crippen LogP) is 10.9. The fourth-order valence-corrected chi connectivity index (χ4v) is 8.06. The van der Waals surface area contributed by atoms with Crippen LogP contribution in [0.25, 0.3) is 60.2 Å². The maximum absolute atomic E-state index is 3.92. The molecule has 4 nitrogen and oxygen atoms in total. The van der Waals surface area contributed by atoms with E-state index in [1.807, 2.05) is 0 Å². The Labute approximate surface area is 297 Å². The van der Waals surface area contributed by atoms with Crippen LogP contribution in [0, 0.1) is 0 Å². The van der Waals surface area contributed by atoms with Gasteiger partial charge in [-0.3, -0.25) is 16.0 Å². The lowest BCUT2D eigenvalue weighted by atomic mass is 9.91. The molecular formula is C47H36N4. The molecule has 1 fully saturated rings. The maximum Gasteiger partial charge on any atom is 0.0870 e. The zero-order valence-corrected chi connectivity index (χ0v) is 28.0. The van der Waals surface area contributed by atoms with Crippen molar-refractivity contribution in [1.82, 2.24) is 20.5 Å². The summed E-state index contributed by atoms with van der Waals surface area (Å²) in [4.78, 5) is 0. The Kier molecular flexibility index (Phi) is 7.24. The molecule has 0 radical (unpaired) electrons. The van der Waals surface area contributed by atoms with E-state index in [1.165, 1.54) is 71.2 Å². The highest BCUT2D eigenvalue weighted by molar-refractivity contribution is 6.13. The number of rotatable bonds is 5. The molecule has 9 aromatic rings. The lowest BCUT2D eigenvalue weighted by molar-refractivity contribution is 0.203. The van der Waals surface area contributed by atoms with Gasteiger partial charge in [-0.05, 0) is 79.7 Å². The van der Waals surface area contributed by atoms with Gasteiger partial charge >= 0.3 is 0 Å². The molecule has 0 spiro atoms. The van der Waals surface area contributed by atoms with Crippen LogP contribution in [-0.4, -0.2) is 4.57 Å². The molecule has 10 rings (SSSR count).